The van der Waals surface area contributed by atoms with Crippen LogP contribution in [0.5, 0.6) is 0 Å². The summed E-state index contributed by atoms with van der Waals surface area (Å²) >= 11 is 1.26. The molecule has 0 saturated heterocycles. The summed E-state index contributed by atoms with van der Waals surface area (Å²) in [4.78, 5) is 34.8. The second kappa shape index (κ2) is 7.61. The number of methoxy groups -OCH3 is 1. The van der Waals surface area contributed by atoms with Gasteiger partial charge in [0.2, 0.25) is 5.91 Å². The highest BCUT2D eigenvalue weighted by molar-refractivity contribution is 7.12. The number of aliphatic hydroxyl groups excluding tert-OH is 1. The number of ether oxygens (including phenoxy) is 1. The normalized spacial score (nSPS) is 13.2. The fourth-order valence-corrected chi connectivity index (χ4v) is 1.94. The van der Waals surface area contributed by atoms with Gasteiger partial charge in [0.25, 0.3) is 5.91 Å². The zero-order valence-corrected chi connectivity index (χ0v) is 11.9. The van der Waals surface area contributed by atoms with Crippen LogP contribution in [-0.4, -0.2) is 48.7 Å². The number of nitrogens with one attached hydrogen (secondary N) is 2. The fraction of sp³-hybridized carbons (Fsp3) is 0.417. The van der Waals surface area contributed by atoms with Crippen molar-refractivity contribution in [3.05, 3.63) is 22.4 Å². The maximum atomic E-state index is 11.7. The standard InChI is InChI=1S/C12H16N2O5S/c1-7(14-11(17)9-4-3-5-20-9)10(16)13-6-8(15)12(18)19-2/h3-5,7-8,15H,6H2,1-2H3,(H,13,16)(H,14,17). The minimum Gasteiger partial charge on any atom is -0.467 e. The summed E-state index contributed by atoms with van der Waals surface area (Å²) in [6, 6.07) is 2.59. The van der Waals surface area contributed by atoms with Gasteiger partial charge in [0.05, 0.1) is 18.5 Å². The molecule has 0 bridgehead atoms. The molecule has 1 rings (SSSR count). The average Bonchev–Trinajstić information content (AvgIpc) is 2.97. The number of carbonyl (C=O) groups excluding carboxylic acids is 3. The number of amides is 2. The Morgan fingerprint density at radius 3 is 2.70 bits per heavy atom. The van der Waals surface area contributed by atoms with Crippen LogP contribution in [0.1, 0.15) is 16.6 Å². The van der Waals surface area contributed by atoms with Gasteiger partial charge in [-0.25, -0.2) is 4.79 Å². The van der Waals surface area contributed by atoms with E-state index in [1.54, 1.807) is 17.5 Å². The second-order valence-electron chi connectivity index (χ2n) is 3.96. The third-order valence-corrected chi connectivity index (χ3v) is 3.30. The third-order valence-electron chi connectivity index (χ3n) is 2.43. The SMILES string of the molecule is COC(=O)C(O)CNC(=O)C(C)NC(=O)c1cccs1. The second-order valence-corrected chi connectivity index (χ2v) is 4.90. The largest absolute Gasteiger partial charge is 0.467 e. The molecule has 0 spiro atoms. The Labute approximate surface area is 119 Å². The van der Waals surface area contributed by atoms with Crippen LogP contribution in [0.15, 0.2) is 17.5 Å². The number of rotatable bonds is 6. The number of hydrogen-bond acceptors (Lipinski definition) is 6. The topological polar surface area (TPSA) is 105 Å². The lowest BCUT2D eigenvalue weighted by molar-refractivity contribution is -0.150. The molecule has 2 atom stereocenters. The molecular weight excluding hydrogens is 284 g/mol. The fourth-order valence-electron chi connectivity index (χ4n) is 1.31. The van der Waals surface area contributed by atoms with E-state index in [9.17, 15) is 19.5 Å². The number of esters is 1. The Kier molecular flexibility index (Phi) is 6.13. The van der Waals surface area contributed by atoms with Gasteiger partial charge < -0.3 is 20.5 Å². The molecule has 0 aromatic carbocycles. The van der Waals surface area contributed by atoms with E-state index in [1.165, 1.54) is 18.3 Å². The van der Waals surface area contributed by atoms with E-state index in [-0.39, 0.29) is 12.5 Å². The van der Waals surface area contributed by atoms with Crippen molar-refractivity contribution in [3.8, 4) is 0 Å². The number of aliphatic hydroxyl groups is 1. The van der Waals surface area contributed by atoms with Gasteiger partial charge in [0, 0.05) is 0 Å². The van der Waals surface area contributed by atoms with Gasteiger partial charge in [-0.15, -0.1) is 11.3 Å². The molecule has 0 aliphatic rings. The molecule has 0 radical (unpaired) electrons. The number of carbonyl (C=O) groups is 3. The first-order chi connectivity index (χ1) is 9.45. The van der Waals surface area contributed by atoms with E-state index in [0.717, 1.165) is 7.11 Å². The first-order valence-corrected chi connectivity index (χ1v) is 6.71. The zero-order chi connectivity index (χ0) is 15.1. The highest BCUT2D eigenvalue weighted by Crippen LogP contribution is 2.08. The summed E-state index contributed by atoms with van der Waals surface area (Å²) in [6.07, 6.45) is -1.43. The van der Waals surface area contributed by atoms with Crippen molar-refractivity contribution < 1.29 is 24.2 Å². The van der Waals surface area contributed by atoms with E-state index >= 15 is 0 Å². The first kappa shape index (κ1) is 16.1. The predicted octanol–water partition coefficient (Wildman–Crippen LogP) is -0.484. The Morgan fingerprint density at radius 2 is 2.15 bits per heavy atom. The molecule has 3 N–H and O–H groups in total. The number of hydrogen-bond donors (Lipinski definition) is 3. The predicted molar refractivity (Wildman–Crippen MR) is 72.3 cm³/mol. The average molecular weight is 300 g/mol. The van der Waals surface area contributed by atoms with Crippen LogP contribution in [0, 0.1) is 0 Å². The minimum atomic E-state index is -1.43. The lowest BCUT2D eigenvalue weighted by Gasteiger charge is -2.15. The summed E-state index contributed by atoms with van der Waals surface area (Å²) in [7, 11) is 1.14. The van der Waals surface area contributed by atoms with Gasteiger partial charge in [0.15, 0.2) is 6.10 Å². The molecule has 0 fully saturated rings. The van der Waals surface area contributed by atoms with Crippen LogP contribution in [0.2, 0.25) is 0 Å². The first-order valence-electron chi connectivity index (χ1n) is 5.83. The van der Waals surface area contributed by atoms with E-state index in [0.29, 0.717) is 4.88 Å². The molecule has 1 heterocycles. The van der Waals surface area contributed by atoms with E-state index in [1.807, 2.05) is 0 Å². The van der Waals surface area contributed by atoms with Crippen molar-refractivity contribution in [1.29, 1.82) is 0 Å². The monoisotopic (exact) mass is 300 g/mol. The van der Waals surface area contributed by atoms with Crippen molar-refractivity contribution in [2.45, 2.75) is 19.1 Å². The van der Waals surface area contributed by atoms with Crippen LogP contribution >= 0.6 is 11.3 Å². The molecule has 2 amide bonds. The molecular formula is C12H16N2O5S. The third kappa shape index (κ3) is 4.63. The van der Waals surface area contributed by atoms with Gasteiger partial charge >= 0.3 is 5.97 Å². The summed E-state index contributed by atoms with van der Waals surface area (Å²) in [5, 5.41) is 15.9. The molecule has 1 aromatic heterocycles. The molecule has 8 heteroatoms. The van der Waals surface area contributed by atoms with Crippen LogP contribution in [-0.2, 0) is 14.3 Å². The molecule has 20 heavy (non-hydrogen) atoms. The van der Waals surface area contributed by atoms with Crippen LogP contribution in [0.4, 0.5) is 0 Å². The Bertz CT molecular complexity index is 474. The maximum Gasteiger partial charge on any atom is 0.336 e. The van der Waals surface area contributed by atoms with Gasteiger partial charge in [-0.05, 0) is 18.4 Å². The Balaban J connectivity index is 2.40. The van der Waals surface area contributed by atoms with Crippen molar-refractivity contribution in [1.82, 2.24) is 10.6 Å². The quantitative estimate of drug-likeness (QED) is 0.615. The molecule has 1 aromatic rings. The van der Waals surface area contributed by atoms with Crippen LogP contribution < -0.4 is 10.6 Å². The minimum absolute atomic E-state index is 0.273. The Hall–Kier alpha value is -1.93. The van der Waals surface area contributed by atoms with Crippen LogP contribution in [0.3, 0.4) is 0 Å². The molecule has 0 aliphatic carbocycles. The van der Waals surface area contributed by atoms with Crippen molar-refractivity contribution >= 4 is 29.1 Å². The summed E-state index contributed by atoms with van der Waals surface area (Å²) in [6.45, 7) is 1.23. The molecule has 7 nitrogen and oxygen atoms in total. The smallest absolute Gasteiger partial charge is 0.336 e. The summed E-state index contributed by atoms with van der Waals surface area (Å²) in [5.41, 5.74) is 0. The highest BCUT2D eigenvalue weighted by atomic mass is 32.1. The molecule has 0 aliphatic heterocycles. The molecule has 2 unspecified atom stereocenters. The van der Waals surface area contributed by atoms with Crippen molar-refractivity contribution in [2.24, 2.45) is 0 Å². The van der Waals surface area contributed by atoms with Crippen LogP contribution in [0.25, 0.3) is 0 Å². The van der Waals surface area contributed by atoms with Crippen molar-refractivity contribution in [3.63, 3.8) is 0 Å². The summed E-state index contributed by atoms with van der Waals surface area (Å²) in [5.74, 6) is -1.69. The highest BCUT2D eigenvalue weighted by Gasteiger charge is 2.20. The van der Waals surface area contributed by atoms with E-state index < -0.39 is 24.0 Å². The van der Waals surface area contributed by atoms with Gasteiger partial charge in [-0.1, -0.05) is 6.07 Å². The maximum absolute atomic E-state index is 11.7. The van der Waals surface area contributed by atoms with Gasteiger partial charge in [-0.3, -0.25) is 9.59 Å². The van der Waals surface area contributed by atoms with Crippen molar-refractivity contribution in [2.75, 3.05) is 13.7 Å². The molecule has 110 valence electrons. The number of thiophene rings is 1. The Morgan fingerprint density at radius 1 is 1.45 bits per heavy atom. The van der Waals surface area contributed by atoms with E-state index in [4.69, 9.17) is 0 Å². The lowest BCUT2D eigenvalue weighted by Crippen LogP contribution is -2.47. The van der Waals surface area contributed by atoms with Gasteiger partial charge in [0.1, 0.15) is 6.04 Å². The zero-order valence-electron chi connectivity index (χ0n) is 11.1. The van der Waals surface area contributed by atoms with Gasteiger partial charge in [-0.2, -0.15) is 0 Å². The summed E-state index contributed by atoms with van der Waals surface area (Å²) < 4.78 is 4.31. The van der Waals surface area contributed by atoms with E-state index in [2.05, 4.69) is 15.4 Å². The molecule has 0 saturated carbocycles. The lowest BCUT2D eigenvalue weighted by atomic mass is 10.2.